The Hall–Kier alpha value is -1.39. The van der Waals surface area contributed by atoms with Gasteiger partial charge < -0.3 is 19.2 Å². The molecule has 1 aromatic carbocycles. The molecular formula is C13H17NO3. The van der Waals surface area contributed by atoms with Crippen molar-refractivity contribution in [1.82, 2.24) is 0 Å². The maximum Gasteiger partial charge on any atom is 0.153 e. The second-order valence-corrected chi connectivity index (χ2v) is 4.15. The van der Waals surface area contributed by atoms with E-state index >= 15 is 0 Å². The first kappa shape index (κ1) is 12.1. The van der Waals surface area contributed by atoms with Crippen molar-refractivity contribution in [2.45, 2.75) is 12.2 Å². The van der Waals surface area contributed by atoms with Gasteiger partial charge in [0.15, 0.2) is 6.29 Å². The number of hydrogen-bond acceptors (Lipinski definition) is 4. The molecule has 4 nitrogen and oxygen atoms in total. The molecule has 0 saturated carbocycles. The molecule has 0 radical (unpaired) electrons. The van der Waals surface area contributed by atoms with Crippen LogP contribution in [0.1, 0.15) is 11.7 Å². The Morgan fingerprint density at radius 2 is 2.18 bits per heavy atom. The van der Waals surface area contributed by atoms with Crippen molar-refractivity contribution in [1.29, 1.82) is 0 Å². The summed E-state index contributed by atoms with van der Waals surface area (Å²) in [4.78, 5) is 13.1. The molecule has 92 valence electrons. The van der Waals surface area contributed by atoms with Crippen LogP contribution in [0.15, 0.2) is 24.3 Å². The monoisotopic (exact) mass is 235 g/mol. The number of carbonyl (C=O) groups excluding carboxylic acids is 1. The molecule has 0 bridgehead atoms. The Balaban J connectivity index is 2.09. The lowest BCUT2D eigenvalue weighted by molar-refractivity contribution is -0.116. The van der Waals surface area contributed by atoms with Crippen molar-refractivity contribution < 1.29 is 14.3 Å². The normalized spacial score (nSPS) is 17.6. The summed E-state index contributed by atoms with van der Waals surface area (Å²) in [5.41, 5.74) is 2.00. The molecule has 0 aromatic heterocycles. The molecular weight excluding hydrogens is 218 g/mol. The first-order valence-corrected chi connectivity index (χ1v) is 5.64. The van der Waals surface area contributed by atoms with Crippen LogP contribution in [0, 0.1) is 0 Å². The molecule has 2 rings (SSSR count). The molecule has 0 aliphatic carbocycles. The van der Waals surface area contributed by atoms with Crippen LogP contribution in [0.5, 0.6) is 0 Å². The van der Waals surface area contributed by atoms with E-state index in [0.29, 0.717) is 6.10 Å². The van der Waals surface area contributed by atoms with Crippen LogP contribution >= 0.6 is 0 Å². The van der Waals surface area contributed by atoms with Crippen molar-refractivity contribution in [3.8, 4) is 0 Å². The summed E-state index contributed by atoms with van der Waals surface area (Å²) < 4.78 is 10.3. The number of aldehydes is 1. The number of nitrogens with zero attached hydrogens (tertiary/aromatic N) is 1. The fraction of sp³-hybridized carbons (Fsp3) is 0.462. The summed E-state index contributed by atoms with van der Waals surface area (Å²) in [6, 6.07) is 7.88. The number of anilines is 1. The number of methoxy groups -OCH3 is 2. The van der Waals surface area contributed by atoms with E-state index in [2.05, 4.69) is 4.90 Å². The van der Waals surface area contributed by atoms with Crippen molar-refractivity contribution in [3.63, 3.8) is 0 Å². The molecule has 17 heavy (non-hydrogen) atoms. The standard InChI is InChI=1S/C13H17NO3/c1-16-12-7-14(8-12)11-5-3-4-10(6-11)13(9-15)17-2/h3-6,9,12-13H,7-8H2,1-2H3. The van der Waals surface area contributed by atoms with Gasteiger partial charge in [0.2, 0.25) is 0 Å². The Bertz CT molecular complexity index is 388. The molecule has 1 unspecified atom stereocenters. The molecule has 0 N–H and O–H groups in total. The van der Waals surface area contributed by atoms with Gasteiger partial charge in [-0.2, -0.15) is 0 Å². The fourth-order valence-electron chi connectivity index (χ4n) is 1.97. The highest BCUT2D eigenvalue weighted by Gasteiger charge is 2.26. The zero-order chi connectivity index (χ0) is 12.3. The van der Waals surface area contributed by atoms with Crippen molar-refractivity contribution in [3.05, 3.63) is 29.8 Å². The number of benzene rings is 1. The van der Waals surface area contributed by atoms with Gasteiger partial charge in [-0.25, -0.2) is 0 Å². The minimum atomic E-state index is -0.477. The third-order valence-corrected chi connectivity index (χ3v) is 3.12. The van der Waals surface area contributed by atoms with E-state index in [1.54, 1.807) is 7.11 Å². The van der Waals surface area contributed by atoms with Crippen LogP contribution in [0.4, 0.5) is 5.69 Å². The first-order chi connectivity index (χ1) is 8.28. The average Bonchev–Trinajstić information content (AvgIpc) is 2.30. The Morgan fingerprint density at radius 3 is 2.76 bits per heavy atom. The van der Waals surface area contributed by atoms with Gasteiger partial charge in [-0.15, -0.1) is 0 Å². The number of hydrogen-bond donors (Lipinski definition) is 0. The number of rotatable bonds is 5. The number of ether oxygens (including phenoxy) is 2. The van der Waals surface area contributed by atoms with Crippen LogP contribution in [-0.2, 0) is 14.3 Å². The summed E-state index contributed by atoms with van der Waals surface area (Å²) in [6.45, 7) is 1.80. The van der Waals surface area contributed by atoms with Gasteiger partial charge in [-0.1, -0.05) is 12.1 Å². The van der Waals surface area contributed by atoms with Crippen LogP contribution in [0.3, 0.4) is 0 Å². The topological polar surface area (TPSA) is 38.8 Å². The predicted molar refractivity (Wildman–Crippen MR) is 65.3 cm³/mol. The largest absolute Gasteiger partial charge is 0.378 e. The molecule has 1 aliphatic heterocycles. The summed E-state index contributed by atoms with van der Waals surface area (Å²) in [6.07, 6.45) is 0.657. The van der Waals surface area contributed by atoms with E-state index in [1.807, 2.05) is 24.3 Å². The lowest BCUT2D eigenvalue weighted by atomic mass is 10.1. The zero-order valence-corrected chi connectivity index (χ0v) is 10.1. The molecule has 1 atom stereocenters. The van der Waals surface area contributed by atoms with Crippen LogP contribution in [0.25, 0.3) is 0 Å². The van der Waals surface area contributed by atoms with E-state index in [0.717, 1.165) is 30.6 Å². The number of carbonyl (C=O) groups is 1. The summed E-state index contributed by atoms with van der Waals surface area (Å²) in [7, 11) is 3.27. The Labute approximate surface area is 101 Å². The van der Waals surface area contributed by atoms with Crippen molar-refractivity contribution in [2.24, 2.45) is 0 Å². The van der Waals surface area contributed by atoms with Crippen molar-refractivity contribution >= 4 is 12.0 Å². The minimum Gasteiger partial charge on any atom is -0.378 e. The second-order valence-electron chi connectivity index (χ2n) is 4.15. The highest BCUT2D eigenvalue weighted by molar-refractivity contribution is 5.62. The Morgan fingerprint density at radius 1 is 1.41 bits per heavy atom. The van der Waals surface area contributed by atoms with Crippen LogP contribution < -0.4 is 4.90 Å². The van der Waals surface area contributed by atoms with E-state index in [-0.39, 0.29) is 0 Å². The van der Waals surface area contributed by atoms with Gasteiger partial charge in [-0.3, -0.25) is 0 Å². The lowest BCUT2D eigenvalue weighted by Gasteiger charge is -2.40. The van der Waals surface area contributed by atoms with Gasteiger partial charge in [0.25, 0.3) is 0 Å². The summed E-state index contributed by atoms with van der Waals surface area (Å²) in [5, 5.41) is 0. The highest BCUT2D eigenvalue weighted by atomic mass is 16.5. The quantitative estimate of drug-likeness (QED) is 0.723. The van der Waals surface area contributed by atoms with Gasteiger partial charge >= 0.3 is 0 Å². The van der Waals surface area contributed by atoms with E-state index in [9.17, 15) is 4.79 Å². The van der Waals surface area contributed by atoms with Gasteiger partial charge in [0.1, 0.15) is 6.10 Å². The molecule has 0 spiro atoms. The molecule has 1 saturated heterocycles. The molecule has 4 heteroatoms. The molecule has 0 amide bonds. The third-order valence-electron chi connectivity index (χ3n) is 3.12. The molecule has 1 aliphatic rings. The van der Waals surface area contributed by atoms with Gasteiger partial charge in [0.05, 0.1) is 6.10 Å². The maximum absolute atomic E-state index is 10.8. The third kappa shape index (κ3) is 2.48. The predicted octanol–water partition coefficient (Wildman–Crippen LogP) is 1.41. The highest BCUT2D eigenvalue weighted by Crippen LogP contribution is 2.25. The first-order valence-electron chi connectivity index (χ1n) is 5.64. The van der Waals surface area contributed by atoms with E-state index in [1.165, 1.54) is 7.11 Å². The van der Waals surface area contributed by atoms with Gasteiger partial charge in [-0.05, 0) is 17.7 Å². The summed E-state index contributed by atoms with van der Waals surface area (Å²) >= 11 is 0. The smallest absolute Gasteiger partial charge is 0.153 e. The SMILES string of the molecule is COC1CN(c2cccc(C(C=O)OC)c2)C1. The van der Waals surface area contributed by atoms with E-state index in [4.69, 9.17) is 9.47 Å². The molecule has 1 fully saturated rings. The maximum atomic E-state index is 10.8. The average molecular weight is 235 g/mol. The van der Waals surface area contributed by atoms with Gasteiger partial charge in [0, 0.05) is 33.0 Å². The summed E-state index contributed by atoms with van der Waals surface area (Å²) in [5.74, 6) is 0. The van der Waals surface area contributed by atoms with Crippen molar-refractivity contribution in [2.75, 3.05) is 32.2 Å². The van der Waals surface area contributed by atoms with Crippen LogP contribution in [0.2, 0.25) is 0 Å². The lowest BCUT2D eigenvalue weighted by Crippen LogP contribution is -2.51. The molecule has 1 aromatic rings. The fourth-order valence-corrected chi connectivity index (χ4v) is 1.97. The van der Waals surface area contributed by atoms with Crippen LogP contribution in [-0.4, -0.2) is 39.7 Å². The van der Waals surface area contributed by atoms with E-state index < -0.39 is 6.10 Å². The second kappa shape index (κ2) is 5.29. The minimum absolute atomic E-state index is 0.322. The Kier molecular flexibility index (Phi) is 3.76. The molecule has 1 heterocycles. The zero-order valence-electron chi connectivity index (χ0n) is 10.1.